The molecule has 4 nitrogen and oxygen atoms in total. The number of nitrogens with one attached hydrogen (secondary N) is 1. The maximum Gasteiger partial charge on any atom is 0.253 e. The second-order valence-corrected chi connectivity index (χ2v) is 3.83. The molecule has 1 aromatic heterocycles. The molecule has 0 amide bonds. The molecule has 6 heteroatoms. The standard InChI is InChI=1S/C12H13F2N3O/c1-3-15-6-9-16-17-12(18-9)10-8(13)5-4-7(2)11(10)14/h4-5,15H,3,6H2,1-2H3. The van der Waals surface area contributed by atoms with Crippen LogP contribution in [-0.2, 0) is 6.54 Å². The van der Waals surface area contributed by atoms with Gasteiger partial charge in [0.25, 0.3) is 5.89 Å². The van der Waals surface area contributed by atoms with Gasteiger partial charge in [-0.05, 0) is 25.1 Å². The third-order valence-corrected chi connectivity index (χ3v) is 2.49. The fourth-order valence-electron chi connectivity index (χ4n) is 1.51. The quantitative estimate of drug-likeness (QED) is 0.909. The molecule has 0 aliphatic rings. The van der Waals surface area contributed by atoms with Gasteiger partial charge >= 0.3 is 0 Å². The predicted octanol–water partition coefficient (Wildman–Crippen LogP) is 2.43. The summed E-state index contributed by atoms with van der Waals surface area (Å²) in [6, 6.07) is 2.55. The molecule has 0 radical (unpaired) electrons. The first kappa shape index (κ1) is 12.6. The van der Waals surface area contributed by atoms with Crippen LogP contribution >= 0.6 is 0 Å². The maximum atomic E-state index is 13.8. The Morgan fingerprint density at radius 3 is 2.78 bits per heavy atom. The minimum absolute atomic E-state index is 0.137. The molecule has 0 unspecified atom stereocenters. The average Bonchev–Trinajstić information content (AvgIpc) is 2.80. The Morgan fingerprint density at radius 2 is 2.06 bits per heavy atom. The Balaban J connectivity index is 2.37. The number of aryl methyl sites for hydroxylation is 1. The van der Waals surface area contributed by atoms with E-state index in [4.69, 9.17) is 4.42 Å². The number of hydrogen-bond donors (Lipinski definition) is 1. The van der Waals surface area contributed by atoms with E-state index in [1.165, 1.54) is 12.1 Å². The van der Waals surface area contributed by atoms with Crippen LogP contribution in [0, 0.1) is 18.6 Å². The zero-order chi connectivity index (χ0) is 13.1. The molecule has 96 valence electrons. The van der Waals surface area contributed by atoms with Crippen LogP contribution in [0.3, 0.4) is 0 Å². The number of hydrogen-bond acceptors (Lipinski definition) is 4. The molecule has 0 saturated heterocycles. The molecule has 0 fully saturated rings. The van der Waals surface area contributed by atoms with Crippen molar-refractivity contribution in [1.82, 2.24) is 15.5 Å². The van der Waals surface area contributed by atoms with Crippen molar-refractivity contribution in [3.63, 3.8) is 0 Å². The molecule has 18 heavy (non-hydrogen) atoms. The van der Waals surface area contributed by atoms with Gasteiger partial charge in [0.15, 0.2) is 0 Å². The first-order chi connectivity index (χ1) is 8.63. The third-order valence-electron chi connectivity index (χ3n) is 2.49. The Hall–Kier alpha value is -1.82. The zero-order valence-corrected chi connectivity index (χ0v) is 10.1. The van der Waals surface area contributed by atoms with Crippen molar-refractivity contribution in [2.75, 3.05) is 6.54 Å². The number of benzene rings is 1. The largest absolute Gasteiger partial charge is 0.419 e. The summed E-state index contributed by atoms with van der Waals surface area (Å²) in [5.41, 5.74) is 0.0584. The maximum absolute atomic E-state index is 13.8. The van der Waals surface area contributed by atoms with Crippen LogP contribution in [0.2, 0.25) is 0 Å². The molecule has 2 aromatic rings. The summed E-state index contributed by atoms with van der Waals surface area (Å²) >= 11 is 0. The fourth-order valence-corrected chi connectivity index (χ4v) is 1.51. The Morgan fingerprint density at radius 1 is 1.28 bits per heavy atom. The van der Waals surface area contributed by atoms with Crippen molar-refractivity contribution < 1.29 is 13.2 Å². The average molecular weight is 253 g/mol. The summed E-state index contributed by atoms with van der Waals surface area (Å²) < 4.78 is 32.6. The summed E-state index contributed by atoms with van der Waals surface area (Å²) in [6.07, 6.45) is 0. The molecule has 0 aliphatic carbocycles. The Bertz CT molecular complexity index is 554. The first-order valence-electron chi connectivity index (χ1n) is 5.61. The van der Waals surface area contributed by atoms with Crippen LogP contribution in [0.15, 0.2) is 16.5 Å². The smallest absolute Gasteiger partial charge is 0.253 e. The van der Waals surface area contributed by atoms with E-state index in [1.54, 1.807) is 6.92 Å². The van der Waals surface area contributed by atoms with E-state index < -0.39 is 11.6 Å². The predicted molar refractivity (Wildman–Crippen MR) is 61.8 cm³/mol. The number of nitrogens with zero attached hydrogens (tertiary/aromatic N) is 2. The second kappa shape index (κ2) is 5.22. The first-order valence-corrected chi connectivity index (χ1v) is 5.61. The lowest BCUT2D eigenvalue weighted by Crippen LogP contribution is -2.11. The van der Waals surface area contributed by atoms with E-state index in [0.29, 0.717) is 18.0 Å². The van der Waals surface area contributed by atoms with Gasteiger partial charge in [0.1, 0.15) is 17.2 Å². The molecule has 2 rings (SSSR count). The molecule has 0 spiro atoms. The van der Waals surface area contributed by atoms with Crippen LogP contribution < -0.4 is 5.32 Å². The van der Waals surface area contributed by atoms with Gasteiger partial charge in [0.2, 0.25) is 5.89 Å². The summed E-state index contributed by atoms with van der Waals surface area (Å²) in [6.45, 7) is 4.59. The molecule has 1 N–H and O–H groups in total. The summed E-state index contributed by atoms with van der Waals surface area (Å²) in [7, 11) is 0. The minimum atomic E-state index is -0.711. The highest BCUT2D eigenvalue weighted by molar-refractivity contribution is 5.56. The lowest BCUT2D eigenvalue weighted by Gasteiger charge is -2.02. The third kappa shape index (κ3) is 2.38. The van der Waals surface area contributed by atoms with Gasteiger partial charge in [-0.1, -0.05) is 13.0 Å². The van der Waals surface area contributed by atoms with E-state index in [1.807, 2.05) is 6.92 Å². The van der Waals surface area contributed by atoms with E-state index in [2.05, 4.69) is 15.5 Å². The van der Waals surface area contributed by atoms with Gasteiger partial charge in [-0.15, -0.1) is 10.2 Å². The van der Waals surface area contributed by atoms with Gasteiger partial charge < -0.3 is 9.73 Å². The molecular weight excluding hydrogens is 240 g/mol. The topological polar surface area (TPSA) is 51.0 Å². The van der Waals surface area contributed by atoms with Crippen molar-refractivity contribution in [3.05, 3.63) is 35.2 Å². The molecule has 0 bridgehead atoms. The molecule has 1 aromatic carbocycles. The van der Waals surface area contributed by atoms with E-state index in [-0.39, 0.29) is 11.5 Å². The molecule has 0 saturated carbocycles. The zero-order valence-electron chi connectivity index (χ0n) is 10.1. The summed E-state index contributed by atoms with van der Waals surface area (Å²) in [5, 5.41) is 10.4. The van der Waals surface area contributed by atoms with Crippen molar-refractivity contribution >= 4 is 0 Å². The highest BCUT2D eigenvalue weighted by Gasteiger charge is 2.19. The van der Waals surface area contributed by atoms with Gasteiger partial charge in [0.05, 0.1) is 6.54 Å². The number of rotatable bonds is 4. The number of aromatic nitrogens is 2. The Labute approximate surface area is 103 Å². The van der Waals surface area contributed by atoms with E-state index >= 15 is 0 Å². The van der Waals surface area contributed by atoms with Crippen LogP contribution in [-0.4, -0.2) is 16.7 Å². The van der Waals surface area contributed by atoms with Crippen molar-refractivity contribution in [3.8, 4) is 11.5 Å². The molecule has 0 atom stereocenters. The number of halogens is 2. The molecule has 0 aliphatic heterocycles. The van der Waals surface area contributed by atoms with E-state index in [0.717, 1.165) is 6.54 Å². The van der Waals surface area contributed by atoms with Crippen molar-refractivity contribution in [2.24, 2.45) is 0 Å². The second-order valence-electron chi connectivity index (χ2n) is 3.83. The Kier molecular flexibility index (Phi) is 3.66. The highest BCUT2D eigenvalue weighted by atomic mass is 19.1. The lowest BCUT2D eigenvalue weighted by atomic mass is 10.1. The normalized spacial score (nSPS) is 10.9. The minimum Gasteiger partial charge on any atom is -0.419 e. The monoisotopic (exact) mass is 253 g/mol. The summed E-state index contributed by atoms with van der Waals surface area (Å²) in [5.74, 6) is -1.22. The van der Waals surface area contributed by atoms with E-state index in [9.17, 15) is 8.78 Å². The lowest BCUT2D eigenvalue weighted by molar-refractivity contribution is 0.474. The molecular formula is C12H13F2N3O. The van der Waals surface area contributed by atoms with Gasteiger partial charge in [-0.3, -0.25) is 0 Å². The van der Waals surface area contributed by atoms with Crippen LogP contribution in [0.4, 0.5) is 8.78 Å². The van der Waals surface area contributed by atoms with Crippen molar-refractivity contribution in [1.29, 1.82) is 0 Å². The van der Waals surface area contributed by atoms with Gasteiger partial charge in [0, 0.05) is 0 Å². The van der Waals surface area contributed by atoms with Crippen LogP contribution in [0.1, 0.15) is 18.4 Å². The van der Waals surface area contributed by atoms with Gasteiger partial charge in [-0.25, -0.2) is 8.78 Å². The summed E-state index contributed by atoms with van der Waals surface area (Å²) in [4.78, 5) is 0. The fraction of sp³-hybridized carbons (Fsp3) is 0.333. The van der Waals surface area contributed by atoms with Gasteiger partial charge in [-0.2, -0.15) is 0 Å². The van der Waals surface area contributed by atoms with Crippen LogP contribution in [0.25, 0.3) is 11.5 Å². The molecule has 1 heterocycles. The SMILES string of the molecule is CCNCc1nnc(-c2c(F)ccc(C)c2F)o1. The highest BCUT2D eigenvalue weighted by Crippen LogP contribution is 2.26. The van der Waals surface area contributed by atoms with Crippen LogP contribution in [0.5, 0.6) is 0 Å². The van der Waals surface area contributed by atoms with Crippen molar-refractivity contribution in [2.45, 2.75) is 20.4 Å².